The highest BCUT2D eigenvalue weighted by Crippen LogP contribution is 2.27. The van der Waals surface area contributed by atoms with Crippen LogP contribution in [0.25, 0.3) is 21.8 Å². The first-order valence-electron chi connectivity index (χ1n) is 9.38. The summed E-state index contributed by atoms with van der Waals surface area (Å²) < 4.78 is 0. The number of nitrogens with one attached hydrogen (secondary N) is 1. The molecule has 0 radical (unpaired) electrons. The van der Waals surface area contributed by atoms with Gasteiger partial charge < -0.3 is 5.32 Å². The molecule has 3 heterocycles. The number of pyridine rings is 2. The summed E-state index contributed by atoms with van der Waals surface area (Å²) in [6.45, 7) is 4.37. The minimum absolute atomic E-state index is 0.160. The minimum atomic E-state index is -0.160. The third-order valence-electron chi connectivity index (χ3n) is 4.56. The number of nitrogens with zero attached hydrogens (tertiary/aromatic N) is 3. The number of carbonyl (C=O) groups excluding carboxylic acids is 1. The van der Waals surface area contributed by atoms with Gasteiger partial charge in [-0.15, -0.1) is 11.3 Å². The van der Waals surface area contributed by atoms with Gasteiger partial charge in [0.1, 0.15) is 9.88 Å². The second-order valence-electron chi connectivity index (χ2n) is 6.92. The van der Waals surface area contributed by atoms with Crippen molar-refractivity contribution < 1.29 is 4.79 Å². The summed E-state index contributed by atoms with van der Waals surface area (Å²) in [5.41, 5.74) is 5.79. The third kappa shape index (κ3) is 4.56. The molecule has 3 aromatic heterocycles. The fraction of sp³-hybridized carbons (Fsp3) is 0.130. The number of thiazole rings is 1. The van der Waals surface area contributed by atoms with Crippen LogP contribution in [-0.4, -0.2) is 20.9 Å². The Morgan fingerprint density at radius 1 is 1.03 bits per heavy atom. The Morgan fingerprint density at radius 2 is 1.90 bits per heavy atom. The van der Waals surface area contributed by atoms with Crippen LogP contribution >= 0.6 is 22.9 Å². The Bertz CT molecular complexity index is 1220. The van der Waals surface area contributed by atoms with Crippen molar-refractivity contribution >= 4 is 28.8 Å². The minimum Gasteiger partial charge on any atom is -0.347 e. The maximum atomic E-state index is 12.5. The van der Waals surface area contributed by atoms with Crippen molar-refractivity contribution in [1.29, 1.82) is 0 Å². The summed E-state index contributed by atoms with van der Waals surface area (Å²) in [6, 6.07) is 13.4. The second-order valence-corrected chi connectivity index (χ2v) is 8.38. The molecular weight excluding hydrogens is 416 g/mol. The zero-order valence-electron chi connectivity index (χ0n) is 16.5. The van der Waals surface area contributed by atoms with Gasteiger partial charge in [0, 0.05) is 40.8 Å². The lowest BCUT2D eigenvalue weighted by atomic mass is 10.1. The Kier molecular flexibility index (Phi) is 5.88. The maximum Gasteiger partial charge on any atom is 0.263 e. The molecule has 0 bridgehead atoms. The van der Waals surface area contributed by atoms with Crippen LogP contribution in [0.4, 0.5) is 0 Å². The van der Waals surface area contributed by atoms with Crippen molar-refractivity contribution in [2.24, 2.45) is 0 Å². The number of carbonyl (C=O) groups is 1. The van der Waals surface area contributed by atoms with Crippen LogP contribution in [0.2, 0.25) is 5.02 Å². The number of rotatable bonds is 5. The van der Waals surface area contributed by atoms with Crippen molar-refractivity contribution in [3.63, 3.8) is 0 Å². The smallest absolute Gasteiger partial charge is 0.263 e. The third-order valence-corrected chi connectivity index (χ3v) is 5.84. The van der Waals surface area contributed by atoms with E-state index in [0.717, 1.165) is 38.6 Å². The van der Waals surface area contributed by atoms with E-state index >= 15 is 0 Å². The van der Waals surface area contributed by atoms with Crippen LogP contribution in [0, 0.1) is 13.8 Å². The first-order chi connectivity index (χ1) is 14.5. The molecule has 0 unspecified atom stereocenters. The van der Waals surface area contributed by atoms with Gasteiger partial charge in [-0.1, -0.05) is 29.8 Å². The summed E-state index contributed by atoms with van der Waals surface area (Å²) in [6.07, 6.45) is 5.17. The van der Waals surface area contributed by atoms with E-state index in [0.29, 0.717) is 16.4 Å². The quantitative estimate of drug-likeness (QED) is 0.452. The zero-order chi connectivity index (χ0) is 21.1. The molecule has 4 rings (SSSR count). The first kappa shape index (κ1) is 20.2. The summed E-state index contributed by atoms with van der Waals surface area (Å²) in [5, 5.41) is 4.34. The molecule has 0 fully saturated rings. The molecule has 150 valence electrons. The summed E-state index contributed by atoms with van der Waals surface area (Å²) in [7, 11) is 0. The van der Waals surface area contributed by atoms with E-state index in [-0.39, 0.29) is 5.91 Å². The predicted octanol–water partition coefficient (Wildman–Crippen LogP) is 5.47. The molecule has 7 heteroatoms. The average molecular weight is 435 g/mol. The molecule has 0 aliphatic heterocycles. The summed E-state index contributed by atoms with van der Waals surface area (Å²) in [5.74, 6) is -0.160. The van der Waals surface area contributed by atoms with Crippen LogP contribution in [0.5, 0.6) is 0 Å². The molecule has 0 atom stereocenters. The van der Waals surface area contributed by atoms with Crippen molar-refractivity contribution in [1.82, 2.24) is 20.3 Å². The largest absolute Gasteiger partial charge is 0.347 e. The van der Waals surface area contributed by atoms with Gasteiger partial charge in [-0.3, -0.25) is 14.8 Å². The highest BCUT2D eigenvalue weighted by Gasteiger charge is 2.12. The van der Waals surface area contributed by atoms with Crippen LogP contribution < -0.4 is 5.32 Å². The van der Waals surface area contributed by atoms with E-state index in [4.69, 9.17) is 11.6 Å². The van der Waals surface area contributed by atoms with Crippen LogP contribution in [0.15, 0.2) is 61.1 Å². The Hall–Kier alpha value is -3.09. The van der Waals surface area contributed by atoms with Gasteiger partial charge in [0.2, 0.25) is 0 Å². The number of amides is 1. The molecule has 1 N–H and O–H groups in total. The summed E-state index contributed by atoms with van der Waals surface area (Å²) >= 11 is 7.38. The van der Waals surface area contributed by atoms with Crippen LogP contribution in [-0.2, 0) is 6.54 Å². The Labute approximate surface area is 183 Å². The molecular formula is C23H19ClN4OS. The molecule has 0 spiro atoms. The SMILES string of the molecule is Cc1cc(-c2ncc(CNC(=O)c3cnc(-c4cccc(Cl)c4)s3)cc2C)ccn1. The van der Waals surface area contributed by atoms with Gasteiger partial charge in [-0.25, -0.2) is 4.98 Å². The standard InChI is InChI=1S/C23H19ClN4OS/c1-14-8-16(11-26-21(14)17-6-7-25-15(2)9-17)12-27-22(29)20-13-28-23(30-20)18-4-3-5-19(24)10-18/h3-11,13H,12H2,1-2H3,(H,27,29). The van der Waals surface area contributed by atoms with Gasteiger partial charge in [-0.05, 0) is 49.2 Å². The normalized spacial score (nSPS) is 10.8. The summed E-state index contributed by atoms with van der Waals surface area (Å²) in [4.78, 5) is 26.3. The van der Waals surface area contributed by atoms with E-state index in [2.05, 4.69) is 20.3 Å². The zero-order valence-corrected chi connectivity index (χ0v) is 18.1. The highest BCUT2D eigenvalue weighted by molar-refractivity contribution is 7.16. The van der Waals surface area contributed by atoms with Crippen LogP contribution in [0.3, 0.4) is 0 Å². The molecule has 4 aromatic rings. The van der Waals surface area contributed by atoms with Crippen molar-refractivity contribution in [3.05, 3.63) is 87.8 Å². The molecule has 1 aromatic carbocycles. The first-order valence-corrected chi connectivity index (χ1v) is 10.6. The fourth-order valence-electron chi connectivity index (χ4n) is 3.13. The number of aromatic nitrogens is 3. The van der Waals surface area contributed by atoms with E-state index in [1.807, 2.05) is 56.3 Å². The predicted molar refractivity (Wildman–Crippen MR) is 121 cm³/mol. The van der Waals surface area contributed by atoms with Gasteiger partial charge in [0.05, 0.1) is 11.9 Å². The van der Waals surface area contributed by atoms with Gasteiger partial charge >= 0.3 is 0 Å². The number of hydrogen-bond donors (Lipinski definition) is 1. The number of aryl methyl sites for hydroxylation is 2. The maximum absolute atomic E-state index is 12.5. The lowest BCUT2D eigenvalue weighted by molar-refractivity contribution is 0.0954. The molecule has 30 heavy (non-hydrogen) atoms. The fourth-order valence-corrected chi connectivity index (χ4v) is 4.15. The Balaban J connectivity index is 1.44. The van der Waals surface area contributed by atoms with E-state index in [9.17, 15) is 4.79 Å². The van der Waals surface area contributed by atoms with Crippen molar-refractivity contribution in [3.8, 4) is 21.8 Å². The monoisotopic (exact) mass is 434 g/mol. The lowest BCUT2D eigenvalue weighted by Gasteiger charge is -2.09. The molecule has 0 saturated heterocycles. The van der Waals surface area contributed by atoms with Crippen LogP contribution in [0.1, 0.15) is 26.5 Å². The second kappa shape index (κ2) is 8.73. The van der Waals surface area contributed by atoms with Gasteiger partial charge in [0.25, 0.3) is 5.91 Å². The highest BCUT2D eigenvalue weighted by atomic mass is 35.5. The molecule has 1 amide bonds. The van der Waals surface area contributed by atoms with E-state index in [1.165, 1.54) is 11.3 Å². The topological polar surface area (TPSA) is 67.8 Å². The van der Waals surface area contributed by atoms with E-state index in [1.54, 1.807) is 18.6 Å². The molecule has 0 aliphatic rings. The van der Waals surface area contributed by atoms with Gasteiger partial charge in [0.15, 0.2) is 0 Å². The number of halogens is 1. The average Bonchev–Trinajstić information content (AvgIpc) is 3.22. The lowest BCUT2D eigenvalue weighted by Crippen LogP contribution is -2.22. The number of benzene rings is 1. The van der Waals surface area contributed by atoms with Crippen molar-refractivity contribution in [2.45, 2.75) is 20.4 Å². The molecule has 5 nitrogen and oxygen atoms in total. The van der Waals surface area contributed by atoms with Crippen molar-refractivity contribution in [2.75, 3.05) is 0 Å². The molecule has 0 saturated carbocycles. The van der Waals surface area contributed by atoms with E-state index < -0.39 is 0 Å². The molecule has 0 aliphatic carbocycles. The van der Waals surface area contributed by atoms with Gasteiger partial charge in [-0.2, -0.15) is 0 Å². The number of hydrogen-bond acceptors (Lipinski definition) is 5. The Morgan fingerprint density at radius 3 is 2.67 bits per heavy atom.